The van der Waals surface area contributed by atoms with Crippen LogP contribution in [0.2, 0.25) is 0 Å². The molecule has 19 heavy (non-hydrogen) atoms. The van der Waals surface area contributed by atoms with Gasteiger partial charge in [-0.1, -0.05) is 26.3 Å². The Labute approximate surface area is 115 Å². The summed E-state index contributed by atoms with van der Waals surface area (Å²) in [6.45, 7) is 5.78. The van der Waals surface area contributed by atoms with Gasteiger partial charge in [-0.25, -0.2) is 0 Å². The van der Waals surface area contributed by atoms with Gasteiger partial charge in [0.2, 0.25) is 0 Å². The van der Waals surface area contributed by atoms with Crippen LogP contribution in [0.4, 0.5) is 0 Å². The molecule has 1 aliphatic rings. The molecular formula is C17H24N2. The van der Waals surface area contributed by atoms with Gasteiger partial charge in [0.1, 0.15) is 0 Å². The van der Waals surface area contributed by atoms with E-state index >= 15 is 0 Å². The first-order chi connectivity index (χ1) is 9.12. The fourth-order valence-corrected chi connectivity index (χ4v) is 3.35. The summed E-state index contributed by atoms with van der Waals surface area (Å²) in [5.41, 5.74) is 3.12. The Hall–Kier alpha value is -1.28. The van der Waals surface area contributed by atoms with E-state index in [-0.39, 0.29) is 0 Å². The maximum Gasteiger partial charge on any atom is 0.0454 e. The molecule has 0 aliphatic heterocycles. The smallest absolute Gasteiger partial charge is 0.0454 e. The Bertz CT molecular complexity index is 553. The summed E-state index contributed by atoms with van der Waals surface area (Å²) < 4.78 is 0. The summed E-state index contributed by atoms with van der Waals surface area (Å²) >= 11 is 0. The molecule has 1 fully saturated rings. The highest BCUT2D eigenvalue weighted by molar-refractivity contribution is 5.79. The number of rotatable bonds is 3. The lowest BCUT2D eigenvalue weighted by Crippen LogP contribution is -2.36. The van der Waals surface area contributed by atoms with Crippen molar-refractivity contribution in [2.24, 2.45) is 5.41 Å². The molecule has 2 aromatic rings. The van der Waals surface area contributed by atoms with Crippen LogP contribution in [0, 0.1) is 5.41 Å². The Kier molecular flexibility index (Phi) is 3.36. The first kappa shape index (κ1) is 12.7. The summed E-state index contributed by atoms with van der Waals surface area (Å²) in [5.74, 6) is 0. The van der Waals surface area contributed by atoms with Crippen molar-refractivity contribution in [2.75, 3.05) is 0 Å². The van der Waals surface area contributed by atoms with Gasteiger partial charge in [0.05, 0.1) is 0 Å². The molecule has 1 aromatic carbocycles. The molecule has 1 unspecified atom stereocenters. The molecule has 0 saturated heterocycles. The van der Waals surface area contributed by atoms with Gasteiger partial charge in [0.25, 0.3) is 0 Å². The maximum atomic E-state index is 3.74. The first-order valence-electron chi connectivity index (χ1n) is 7.42. The SMILES string of the molecule is CC1(C)CCCC(NCc2ccc3[nH]ccc3c2)C1. The van der Waals surface area contributed by atoms with E-state index in [1.807, 2.05) is 6.20 Å². The van der Waals surface area contributed by atoms with Gasteiger partial charge in [-0.3, -0.25) is 0 Å². The zero-order chi connectivity index (χ0) is 13.3. The third-order valence-electron chi connectivity index (χ3n) is 4.42. The molecule has 0 bridgehead atoms. The van der Waals surface area contributed by atoms with Crippen LogP contribution in [0.5, 0.6) is 0 Å². The normalized spacial score (nSPS) is 22.7. The second kappa shape index (κ2) is 5.01. The zero-order valence-electron chi connectivity index (χ0n) is 12.0. The minimum atomic E-state index is 0.514. The predicted octanol–water partition coefficient (Wildman–Crippen LogP) is 4.23. The fourth-order valence-electron chi connectivity index (χ4n) is 3.35. The first-order valence-corrected chi connectivity index (χ1v) is 7.42. The molecule has 2 N–H and O–H groups in total. The maximum absolute atomic E-state index is 3.74. The van der Waals surface area contributed by atoms with Crippen LogP contribution in [0.25, 0.3) is 10.9 Å². The van der Waals surface area contributed by atoms with Gasteiger partial charge in [-0.05, 0) is 53.8 Å². The third-order valence-corrected chi connectivity index (χ3v) is 4.42. The van der Waals surface area contributed by atoms with E-state index in [2.05, 4.69) is 48.4 Å². The Morgan fingerprint density at radius 1 is 1.32 bits per heavy atom. The van der Waals surface area contributed by atoms with Gasteiger partial charge in [-0.2, -0.15) is 0 Å². The van der Waals surface area contributed by atoms with Crippen molar-refractivity contribution in [3.8, 4) is 0 Å². The van der Waals surface area contributed by atoms with Crippen LogP contribution in [0.15, 0.2) is 30.5 Å². The lowest BCUT2D eigenvalue weighted by Gasteiger charge is -2.35. The van der Waals surface area contributed by atoms with Gasteiger partial charge in [0, 0.05) is 24.3 Å². The molecule has 1 aromatic heterocycles. The summed E-state index contributed by atoms with van der Waals surface area (Å²) in [6, 6.07) is 9.51. The Balaban J connectivity index is 1.62. The quantitative estimate of drug-likeness (QED) is 0.845. The average molecular weight is 256 g/mol. The van der Waals surface area contributed by atoms with Crippen LogP contribution >= 0.6 is 0 Å². The highest BCUT2D eigenvalue weighted by Gasteiger charge is 2.27. The number of fused-ring (bicyclic) bond motifs is 1. The molecule has 2 nitrogen and oxygen atoms in total. The molecule has 1 heterocycles. The minimum absolute atomic E-state index is 0.514. The van der Waals surface area contributed by atoms with Gasteiger partial charge >= 0.3 is 0 Å². The highest BCUT2D eigenvalue weighted by Crippen LogP contribution is 2.35. The molecule has 1 saturated carbocycles. The van der Waals surface area contributed by atoms with E-state index in [0.29, 0.717) is 11.5 Å². The largest absolute Gasteiger partial charge is 0.361 e. The molecule has 0 radical (unpaired) electrons. The molecule has 0 spiro atoms. The number of aromatic nitrogens is 1. The van der Waals surface area contributed by atoms with Crippen molar-refractivity contribution in [3.63, 3.8) is 0 Å². The predicted molar refractivity (Wildman–Crippen MR) is 81.2 cm³/mol. The fraction of sp³-hybridized carbons (Fsp3) is 0.529. The number of benzene rings is 1. The van der Waals surface area contributed by atoms with Crippen LogP contribution < -0.4 is 5.32 Å². The second-order valence-corrected chi connectivity index (χ2v) is 6.74. The standard InChI is InChI=1S/C17H24N2/c1-17(2)8-3-4-15(11-17)19-12-13-5-6-16-14(10-13)7-9-18-16/h5-7,9-10,15,18-19H,3-4,8,11-12H2,1-2H3. The summed E-state index contributed by atoms with van der Waals surface area (Å²) in [6.07, 6.45) is 7.38. The number of hydrogen-bond acceptors (Lipinski definition) is 1. The van der Waals surface area contributed by atoms with E-state index in [4.69, 9.17) is 0 Å². The minimum Gasteiger partial charge on any atom is -0.361 e. The topological polar surface area (TPSA) is 27.8 Å². The number of aromatic amines is 1. The van der Waals surface area contributed by atoms with Gasteiger partial charge in [-0.15, -0.1) is 0 Å². The van der Waals surface area contributed by atoms with Crippen LogP contribution in [-0.4, -0.2) is 11.0 Å². The van der Waals surface area contributed by atoms with Crippen molar-refractivity contribution in [3.05, 3.63) is 36.0 Å². The summed E-state index contributed by atoms with van der Waals surface area (Å²) in [7, 11) is 0. The van der Waals surface area contributed by atoms with Crippen LogP contribution in [-0.2, 0) is 6.54 Å². The van der Waals surface area contributed by atoms with Crippen molar-refractivity contribution in [1.82, 2.24) is 10.3 Å². The van der Waals surface area contributed by atoms with Crippen molar-refractivity contribution < 1.29 is 0 Å². The lowest BCUT2D eigenvalue weighted by molar-refractivity contribution is 0.198. The van der Waals surface area contributed by atoms with Gasteiger partial charge < -0.3 is 10.3 Å². The van der Waals surface area contributed by atoms with Crippen molar-refractivity contribution in [1.29, 1.82) is 0 Å². The molecule has 1 aliphatic carbocycles. The van der Waals surface area contributed by atoms with E-state index in [1.165, 1.54) is 42.1 Å². The van der Waals surface area contributed by atoms with Crippen LogP contribution in [0.3, 0.4) is 0 Å². The van der Waals surface area contributed by atoms with Crippen molar-refractivity contribution in [2.45, 2.75) is 52.1 Å². The second-order valence-electron chi connectivity index (χ2n) is 6.74. The molecule has 102 valence electrons. The molecule has 3 rings (SSSR count). The lowest BCUT2D eigenvalue weighted by atomic mass is 9.75. The summed E-state index contributed by atoms with van der Waals surface area (Å²) in [5, 5.41) is 5.05. The molecule has 0 amide bonds. The third kappa shape index (κ3) is 3.01. The van der Waals surface area contributed by atoms with E-state index < -0.39 is 0 Å². The van der Waals surface area contributed by atoms with E-state index in [9.17, 15) is 0 Å². The highest BCUT2D eigenvalue weighted by atomic mass is 14.9. The number of hydrogen-bond donors (Lipinski definition) is 2. The number of nitrogens with one attached hydrogen (secondary N) is 2. The van der Waals surface area contributed by atoms with E-state index in [0.717, 1.165) is 6.54 Å². The number of H-pyrrole nitrogens is 1. The Morgan fingerprint density at radius 2 is 2.21 bits per heavy atom. The van der Waals surface area contributed by atoms with Crippen molar-refractivity contribution >= 4 is 10.9 Å². The molecule has 2 heteroatoms. The molecule has 1 atom stereocenters. The van der Waals surface area contributed by atoms with Crippen LogP contribution in [0.1, 0.15) is 45.1 Å². The monoisotopic (exact) mass is 256 g/mol. The molecular weight excluding hydrogens is 232 g/mol. The summed E-state index contributed by atoms with van der Waals surface area (Å²) in [4.78, 5) is 3.24. The van der Waals surface area contributed by atoms with E-state index in [1.54, 1.807) is 0 Å². The van der Waals surface area contributed by atoms with Gasteiger partial charge in [0.15, 0.2) is 0 Å². The Morgan fingerprint density at radius 3 is 3.05 bits per heavy atom. The average Bonchev–Trinajstić information content (AvgIpc) is 2.82. The zero-order valence-corrected chi connectivity index (χ0v) is 12.0.